The highest BCUT2D eigenvalue weighted by Gasteiger charge is 2.29. The number of piperidine rings is 1. The molecule has 0 spiro atoms. The molecule has 2 aromatic rings. The molecule has 1 amide bonds. The van der Waals surface area contributed by atoms with E-state index in [0.717, 1.165) is 56.3 Å². The van der Waals surface area contributed by atoms with Crippen LogP contribution in [-0.2, 0) is 16.1 Å². The maximum Gasteiger partial charge on any atom is 0.224 e. The Morgan fingerprint density at radius 2 is 2.00 bits per heavy atom. The van der Waals surface area contributed by atoms with E-state index in [4.69, 9.17) is 9.72 Å². The molecule has 1 saturated heterocycles. The molecule has 0 bridgehead atoms. The molecule has 1 N–H and O–H groups in total. The van der Waals surface area contributed by atoms with E-state index < -0.39 is 0 Å². The Morgan fingerprint density at radius 3 is 2.83 bits per heavy atom. The predicted molar refractivity (Wildman–Crippen MR) is 121 cm³/mol. The average Bonchev–Trinajstić information content (AvgIpc) is 3.16. The number of rotatable bonds is 8. The van der Waals surface area contributed by atoms with Gasteiger partial charge in [-0.05, 0) is 50.2 Å². The maximum absolute atomic E-state index is 12.7. The number of anilines is 1. The Labute approximate surface area is 180 Å². The monoisotopic (exact) mass is 412 g/mol. The van der Waals surface area contributed by atoms with Gasteiger partial charge in [-0.15, -0.1) is 0 Å². The number of para-hydroxylation sites is 2. The lowest BCUT2D eigenvalue weighted by Crippen LogP contribution is -2.44. The van der Waals surface area contributed by atoms with E-state index in [1.54, 1.807) is 7.11 Å². The molecule has 1 atom stereocenters. The van der Waals surface area contributed by atoms with Crippen LogP contribution in [0.5, 0.6) is 0 Å². The SMILES string of the molecule is COCCCNC(=O)C1CCCN(c2nc3ccccc3n2CC2CCCCC2)C1. The normalized spacial score (nSPS) is 20.6. The van der Waals surface area contributed by atoms with E-state index >= 15 is 0 Å². The lowest BCUT2D eigenvalue weighted by molar-refractivity contribution is -0.125. The van der Waals surface area contributed by atoms with E-state index in [-0.39, 0.29) is 11.8 Å². The number of nitrogens with one attached hydrogen (secondary N) is 1. The van der Waals surface area contributed by atoms with E-state index in [1.165, 1.54) is 37.6 Å². The van der Waals surface area contributed by atoms with Gasteiger partial charge in [0, 0.05) is 39.9 Å². The third-order valence-electron chi connectivity index (χ3n) is 6.70. The van der Waals surface area contributed by atoms with Crippen molar-refractivity contribution in [2.45, 2.75) is 57.9 Å². The van der Waals surface area contributed by atoms with Gasteiger partial charge in [-0.2, -0.15) is 0 Å². The second-order valence-electron chi connectivity index (χ2n) is 8.94. The van der Waals surface area contributed by atoms with Crippen LogP contribution in [0.1, 0.15) is 51.4 Å². The van der Waals surface area contributed by atoms with Gasteiger partial charge >= 0.3 is 0 Å². The fourth-order valence-corrected chi connectivity index (χ4v) is 5.06. The molecule has 30 heavy (non-hydrogen) atoms. The van der Waals surface area contributed by atoms with Crippen molar-refractivity contribution in [3.05, 3.63) is 24.3 Å². The molecule has 164 valence electrons. The lowest BCUT2D eigenvalue weighted by Gasteiger charge is -2.34. The number of nitrogens with zero attached hydrogens (tertiary/aromatic N) is 3. The standard InChI is InChI=1S/C24H36N4O2/c1-30-16-8-14-25-23(29)20-11-7-15-27(18-20)24-26-21-12-5-6-13-22(21)28(24)17-19-9-3-2-4-10-19/h5-6,12-13,19-20H,2-4,7-11,14-18H2,1H3,(H,25,29). The summed E-state index contributed by atoms with van der Waals surface area (Å²) in [5.41, 5.74) is 2.29. The second-order valence-corrected chi connectivity index (χ2v) is 8.94. The lowest BCUT2D eigenvalue weighted by atomic mass is 9.89. The maximum atomic E-state index is 12.7. The first-order valence-electron chi connectivity index (χ1n) is 11.7. The van der Waals surface area contributed by atoms with Crippen molar-refractivity contribution in [1.29, 1.82) is 0 Å². The number of carbonyl (C=O) groups is 1. The molecule has 1 aromatic heterocycles. The highest BCUT2D eigenvalue weighted by atomic mass is 16.5. The number of hydrogen-bond acceptors (Lipinski definition) is 4. The summed E-state index contributed by atoms with van der Waals surface area (Å²) in [5, 5.41) is 3.09. The van der Waals surface area contributed by atoms with Crippen molar-refractivity contribution in [2.75, 3.05) is 38.3 Å². The van der Waals surface area contributed by atoms with E-state index in [2.05, 4.69) is 39.0 Å². The van der Waals surface area contributed by atoms with Gasteiger partial charge in [-0.1, -0.05) is 31.4 Å². The number of aromatic nitrogens is 2. The summed E-state index contributed by atoms with van der Waals surface area (Å²) in [7, 11) is 1.69. The summed E-state index contributed by atoms with van der Waals surface area (Å²) in [5.74, 6) is 1.99. The number of fused-ring (bicyclic) bond motifs is 1. The van der Waals surface area contributed by atoms with Crippen LogP contribution in [0.3, 0.4) is 0 Å². The molecule has 1 unspecified atom stereocenters. The van der Waals surface area contributed by atoms with Crippen LogP contribution in [-0.4, -0.2) is 48.8 Å². The first-order valence-corrected chi connectivity index (χ1v) is 11.7. The molecule has 0 radical (unpaired) electrons. The minimum atomic E-state index is 0.0317. The number of hydrogen-bond donors (Lipinski definition) is 1. The molecule has 6 nitrogen and oxygen atoms in total. The highest BCUT2D eigenvalue weighted by molar-refractivity contribution is 5.81. The number of imidazole rings is 1. The van der Waals surface area contributed by atoms with Crippen molar-refractivity contribution in [1.82, 2.24) is 14.9 Å². The molecular formula is C24H36N4O2. The third-order valence-corrected chi connectivity index (χ3v) is 6.70. The van der Waals surface area contributed by atoms with E-state index in [1.807, 2.05) is 0 Å². The third kappa shape index (κ3) is 4.97. The van der Waals surface area contributed by atoms with E-state index in [9.17, 15) is 4.79 Å². The molecule has 1 aromatic carbocycles. The summed E-state index contributed by atoms with van der Waals surface area (Å²) in [6.45, 7) is 4.14. The number of carbonyl (C=O) groups excluding carboxylic acids is 1. The van der Waals surface area contributed by atoms with Crippen LogP contribution in [0.2, 0.25) is 0 Å². The van der Waals surface area contributed by atoms with Crippen molar-refractivity contribution >= 4 is 22.9 Å². The zero-order valence-corrected chi connectivity index (χ0v) is 18.3. The zero-order valence-electron chi connectivity index (χ0n) is 18.3. The minimum absolute atomic E-state index is 0.0317. The first kappa shape index (κ1) is 21.2. The largest absolute Gasteiger partial charge is 0.385 e. The van der Waals surface area contributed by atoms with E-state index in [0.29, 0.717) is 13.2 Å². The van der Waals surface area contributed by atoms with Gasteiger partial charge in [0.25, 0.3) is 0 Å². The molecule has 2 heterocycles. The number of benzene rings is 1. The smallest absolute Gasteiger partial charge is 0.224 e. The van der Waals surface area contributed by atoms with Crippen LogP contribution >= 0.6 is 0 Å². The van der Waals surface area contributed by atoms with Gasteiger partial charge in [-0.3, -0.25) is 4.79 Å². The van der Waals surface area contributed by atoms with Crippen molar-refractivity contribution in [3.8, 4) is 0 Å². The average molecular weight is 413 g/mol. The van der Waals surface area contributed by atoms with Gasteiger partial charge in [0.05, 0.1) is 17.0 Å². The summed E-state index contributed by atoms with van der Waals surface area (Å²) >= 11 is 0. The van der Waals surface area contributed by atoms with Gasteiger partial charge in [-0.25, -0.2) is 4.98 Å². The molecule has 4 rings (SSSR count). The molecule has 6 heteroatoms. The van der Waals surface area contributed by atoms with Crippen molar-refractivity contribution in [2.24, 2.45) is 11.8 Å². The Balaban J connectivity index is 1.50. The fraction of sp³-hybridized carbons (Fsp3) is 0.667. The van der Waals surface area contributed by atoms with Gasteiger partial charge in [0.2, 0.25) is 11.9 Å². The summed E-state index contributed by atoms with van der Waals surface area (Å²) in [6, 6.07) is 8.48. The zero-order chi connectivity index (χ0) is 20.8. The van der Waals surface area contributed by atoms with Crippen LogP contribution in [0, 0.1) is 11.8 Å². The number of methoxy groups -OCH3 is 1. The summed E-state index contributed by atoms with van der Waals surface area (Å²) in [4.78, 5) is 20.1. The van der Waals surface area contributed by atoms with Crippen LogP contribution in [0.4, 0.5) is 5.95 Å². The fourth-order valence-electron chi connectivity index (χ4n) is 5.06. The van der Waals surface area contributed by atoms with Crippen LogP contribution in [0.25, 0.3) is 11.0 Å². The Kier molecular flexibility index (Phi) is 7.26. The van der Waals surface area contributed by atoms with Gasteiger partial charge in [0.1, 0.15) is 0 Å². The summed E-state index contributed by atoms with van der Waals surface area (Å²) in [6.07, 6.45) is 9.55. The quantitative estimate of drug-likeness (QED) is 0.666. The molecule has 2 aliphatic rings. The van der Waals surface area contributed by atoms with Crippen LogP contribution < -0.4 is 10.2 Å². The highest BCUT2D eigenvalue weighted by Crippen LogP contribution is 2.31. The molecule has 1 saturated carbocycles. The van der Waals surface area contributed by atoms with Crippen molar-refractivity contribution < 1.29 is 9.53 Å². The van der Waals surface area contributed by atoms with Gasteiger partial charge in [0.15, 0.2) is 0 Å². The Hall–Kier alpha value is -2.08. The number of ether oxygens (including phenoxy) is 1. The molecular weight excluding hydrogens is 376 g/mol. The molecule has 1 aliphatic carbocycles. The summed E-state index contributed by atoms with van der Waals surface area (Å²) < 4.78 is 7.51. The molecule has 1 aliphatic heterocycles. The minimum Gasteiger partial charge on any atom is -0.385 e. The molecule has 2 fully saturated rings. The first-order chi connectivity index (χ1) is 14.8. The van der Waals surface area contributed by atoms with Crippen LogP contribution in [0.15, 0.2) is 24.3 Å². The van der Waals surface area contributed by atoms with Gasteiger partial charge < -0.3 is 19.5 Å². The number of amides is 1. The van der Waals surface area contributed by atoms with Crippen molar-refractivity contribution in [3.63, 3.8) is 0 Å². The topological polar surface area (TPSA) is 59.4 Å². The Morgan fingerprint density at radius 1 is 1.17 bits per heavy atom. The Bertz CT molecular complexity index is 828. The predicted octanol–water partition coefficient (Wildman–Crippen LogP) is 3.99. The second kappa shape index (κ2) is 10.3.